The van der Waals surface area contributed by atoms with Crippen LogP contribution in [0.4, 0.5) is 24.5 Å². The number of alkyl halides is 2. The highest BCUT2D eigenvalue weighted by Crippen LogP contribution is 2.30. The SMILES string of the molecule is CCOc1cc(N(C)CC(F)F)c(N)cc1F. The van der Waals surface area contributed by atoms with E-state index in [1.165, 1.54) is 18.0 Å². The predicted octanol–water partition coefficient (Wildman–Crippen LogP) is 2.51. The Morgan fingerprint density at radius 1 is 1.41 bits per heavy atom. The lowest BCUT2D eigenvalue weighted by molar-refractivity contribution is 0.156. The molecule has 0 unspecified atom stereocenters. The normalized spacial score (nSPS) is 10.7. The fourth-order valence-corrected chi connectivity index (χ4v) is 1.46. The van der Waals surface area contributed by atoms with Gasteiger partial charge in [-0.1, -0.05) is 0 Å². The van der Waals surface area contributed by atoms with Crippen LogP contribution in [0.25, 0.3) is 0 Å². The van der Waals surface area contributed by atoms with E-state index in [9.17, 15) is 13.2 Å². The van der Waals surface area contributed by atoms with Crippen LogP contribution in [-0.2, 0) is 0 Å². The summed E-state index contributed by atoms with van der Waals surface area (Å²) in [7, 11) is 1.46. The molecular weight excluding hydrogens is 233 g/mol. The molecule has 1 aromatic rings. The van der Waals surface area contributed by atoms with Gasteiger partial charge in [-0.3, -0.25) is 0 Å². The smallest absolute Gasteiger partial charge is 0.255 e. The number of nitrogens with two attached hydrogens (primary N) is 1. The van der Waals surface area contributed by atoms with Gasteiger partial charge in [-0.15, -0.1) is 0 Å². The van der Waals surface area contributed by atoms with Gasteiger partial charge in [0.05, 0.1) is 24.5 Å². The maximum absolute atomic E-state index is 13.4. The molecule has 0 aliphatic heterocycles. The Labute approximate surface area is 98.0 Å². The topological polar surface area (TPSA) is 38.5 Å². The van der Waals surface area contributed by atoms with Crippen molar-refractivity contribution in [2.24, 2.45) is 0 Å². The molecule has 2 N–H and O–H groups in total. The quantitative estimate of drug-likeness (QED) is 0.814. The van der Waals surface area contributed by atoms with E-state index in [2.05, 4.69) is 0 Å². The van der Waals surface area contributed by atoms with Crippen LogP contribution in [0.1, 0.15) is 6.92 Å². The standard InChI is InChI=1S/C11H15F3N2O/c1-3-17-10-5-9(8(15)4-7(10)12)16(2)6-11(13)14/h4-5,11H,3,6,15H2,1-2H3. The van der Waals surface area contributed by atoms with Gasteiger partial charge < -0.3 is 15.4 Å². The number of nitrogens with zero attached hydrogens (tertiary/aromatic N) is 1. The maximum Gasteiger partial charge on any atom is 0.255 e. The summed E-state index contributed by atoms with van der Waals surface area (Å²) < 4.78 is 42.9. The second-order valence-corrected chi connectivity index (χ2v) is 3.55. The monoisotopic (exact) mass is 248 g/mol. The Balaban J connectivity index is 3.02. The first-order valence-corrected chi connectivity index (χ1v) is 5.16. The van der Waals surface area contributed by atoms with E-state index in [0.29, 0.717) is 12.3 Å². The highest BCUT2D eigenvalue weighted by Gasteiger charge is 2.15. The molecule has 0 spiro atoms. The van der Waals surface area contributed by atoms with Crippen molar-refractivity contribution in [3.8, 4) is 5.75 Å². The molecule has 1 rings (SSSR count). The van der Waals surface area contributed by atoms with Gasteiger partial charge in [0.25, 0.3) is 6.43 Å². The molecule has 0 aliphatic rings. The maximum atomic E-state index is 13.4. The Morgan fingerprint density at radius 3 is 2.59 bits per heavy atom. The first-order valence-electron chi connectivity index (χ1n) is 5.16. The highest BCUT2D eigenvalue weighted by molar-refractivity contribution is 5.69. The van der Waals surface area contributed by atoms with Gasteiger partial charge in [0.2, 0.25) is 0 Å². The fourth-order valence-electron chi connectivity index (χ4n) is 1.46. The van der Waals surface area contributed by atoms with Gasteiger partial charge in [-0.05, 0) is 6.92 Å². The molecule has 6 heteroatoms. The molecule has 17 heavy (non-hydrogen) atoms. The minimum atomic E-state index is -2.49. The van der Waals surface area contributed by atoms with Crippen molar-refractivity contribution in [3.63, 3.8) is 0 Å². The van der Waals surface area contributed by atoms with Gasteiger partial charge in [0, 0.05) is 19.2 Å². The molecule has 0 aliphatic carbocycles. The molecule has 96 valence electrons. The number of hydrogen-bond donors (Lipinski definition) is 1. The summed E-state index contributed by atoms with van der Waals surface area (Å²) in [4.78, 5) is 1.27. The molecule has 0 atom stereocenters. The summed E-state index contributed by atoms with van der Waals surface area (Å²) in [6.45, 7) is 1.53. The third-order valence-electron chi connectivity index (χ3n) is 2.20. The summed E-state index contributed by atoms with van der Waals surface area (Å²) in [5.41, 5.74) is 6.02. The van der Waals surface area contributed by atoms with Crippen LogP contribution >= 0.6 is 0 Å². The van der Waals surface area contributed by atoms with E-state index >= 15 is 0 Å². The molecule has 0 saturated carbocycles. The predicted molar refractivity (Wildman–Crippen MR) is 61.3 cm³/mol. The highest BCUT2D eigenvalue weighted by atomic mass is 19.3. The van der Waals surface area contributed by atoms with E-state index in [0.717, 1.165) is 6.07 Å². The van der Waals surface area contributed by atoms with E-state index in [1.54, 1.807) is 6.92 Å². The van der Waals surface area contributed by atoms with Crippen molar-refractivity contribution in [3.05, 3.63) is 17.9 Å². The molecule has 1 aromatic carbocycles. The van der Waals surface area contributed by atoms with Crippen LogP contribution < -0.4 is 15.4 Å². The lowest BCUT2D eigenvalue weighted by Crippen LogP contribution is -2.25. The lowest BCUT2D eigenvalue weighted by atomic mass is 10.2. The largest absolute Gasteiger partial charge is 0.491 e. The van der Waals surface area contributed by atoms with Crippen molar-refractivity contribution in [2.45, 2.75) is 13.3 Å². The number of hydrogen-bond acceptors (Lipinski definition) is 3. The molecule has 0 heterocycles. The fraction of sp³-hybridized carbons (Fsp3) is 0.455. The van der Waals surface area contributed by atoms with Gasteiger partial charge in [0.1, 0.15) is 0 Å². The zero-order valence-electron chi connectivity index (χ0n) is 9.71. The van der Waals surface area contributed by atoms with Crippen molar-refractivity contribution in [1.82, 2.24) is 0 Å². The molecule has 0 saturated heterocycles. The van der Waals surface area contributed by atoms with Crippen LogP contribution in [0.5, 0.6) is 5.75 Å². The summed E-state index contributed by atoms with van der Waals surface area (Å²) in [5.74, 6) is -0.587. The van der Waals surface area contributed by atoms with Gasteiger partial charge >= 0.3 is 0 Å². The van der Waals surface area contributed by atoms with Gasteiger partial charge in [-0.25, -0.2) is 13.2 Å². The number of benzene rings is 1. The van der Waals surface area contributed by atoms with Crippen LogP contribution in [-0.4, -0.2) is 26.6 Å². The molecule has 0 fully saturated rings. The van der Waals surface area contributed by atoms with Gasteiger partial charge in [-0.2, -0.15) is 0 Å². The first-order chi connectivity index (χ1) is 7.95. The Kier molecular flexibility index (Phi) is 4.48. The Morgan fingerprint density at radius 2 is 2.06 bits per heavy atom. The molecule has 0 aromatic heterocycles. The van der Waals surface area contributed by atoms with E-state index < -0.39 is 18.8 Å². The molecule has 0 amide bonds. The minimum absolute atomic E-state index is 0.0119. The van der Waals surface area contributed by atoms with Gasteiger partial charge in [0.15, 0.2) is 11.6 Å². The van der Waals surface area contributed by atoms with Crippen molar-refractivity contribution in [1.29, 1.82) is 0 Å². The molecule has 3 nitrogen and oxygen atoms in total. The number of halogens is 3. The van der Waals surface area contributed by atoms with Crippen molar-refractivity contribution >= 4 is 11.4 Å². The minimum Gasteiger partial charge on any atom is -0.491 e. The Hall–Kier alpha value is -1.59. The summed E-state index contributed by atoms with van der Waals surface area (Å²) in [6, 6.07) is 2.40. The second kappa shape index (κ2) is 5.65. The zero-order chi connectivity index (χ0) is 13.0. The average molecular weight is 248 g/mol. The summed E-state index contributed by atoms with van der Waals surface area (Å²) in [5, 5.41) is 0. The average Bonchev–Trinajstić information content (AvgIpc) is 2.21. The Bertz CT molecular complexity index is 385. The summed E-state index contributed by atoms with van der Waals surface area (Å²) >= 11 is 0. The van der Waals surface area contributed by atoms with Crippen molar-refractivity contribution < 1.29 is 17.9 Å². The molecular formula is C11H15F3N2O. The van der Waals surface area contributed by atoms with Crippen molar-refractivity contribution in [2.75, 3.05) is 30.8 Å². The van der Waals surface area contributed by atoms with Crippen LogP contribution in [0.3, 0.4) is 0 Å². The number of rotatable bonds is 5. The van der Waals surface area contributed by atoms with E-state index in [4.69, 9.17) is 10.5 Å². The first kappa shape index (κ1) is 13.5. The second-order valence-electron chi connectivity index (χ2n) is 3.55. The third-order valence-corrected chi connectivity index (χ3v) is 2.20. The number of anilines is 2. The number of ether oxygens (including phenoxy) is 1. The van der Waals surface area contributed by atoms with E-state index in [-0.39, 0.29) is 11.4 Å². The molecule has 0 radical (unpaired) electrons. The lowest BCUT2D eigenvalue weighted by Gasteiger charge is -2.21. The zero-order valence-corrected chi connectivity index (χ0v) is 9.71. The van der Waals surface area contributed by atoms with Crippen LogP contribution in [0.15, 0.2) is 12.1 Å². The van der Waals surface area contributed by atoms with Crippen LogP contribution in [0, 0.1) is 5.82 Å². The molecule has 0 bridgehead atoms. The summed E-state index contributed by atoms with van der Waals surface area (Å²) in [6.07, 6.45) is -2.49. The van der Waals surface area contributed by atoms with E-state index in [1.807, 2.05) is 0 Å². The third kappa shape index (κ3) is 3.44. The number of nitrogen functional groups attached to an aromatic ring is 1. The van der Waals surface area contributed by atoms with Crippen LogP contribution in [0.2, 0.25) is 0 Å².